The van der Waals surface area contributed by atoms with Gasteiger partial charge in [0.2, 0.25) is 0 Å². The van der Waals surface area contributed by atoms with Gasteiger partial charge in [-0.3, -0.25) is 0 Å². The molecule has 1 saturated carbocycles. The molecule has 0 aromatic heterocycles. The van der Waals surface area contributed by atoms with Crippen LogP contribution in [-0.4, -0.2) is 30.6 Å². The van der Waals surface area contributed by atoms with Crippen molar-refractivity contribution < 1.29 is 24.1 Å². The van der Waals surface area contributed by atoms with Crippen molar-refractivity contribution in [3.8, 4) is 16.9 Å². The molecule has 2 aromatic rings. The van der Waals surface area contributed by atoms with E-state index in [0.717, 1.165) is 61.2 Å². The van der Waals surface area contributed by atoms with E-state index >= 15 is 0 Å². The highest BCUT2D eigenvalue weighted by Gasteiger charge is 2.36. The van der Waals surface area contributed by atoms with Crippen molar-refractivity contribution in [3.05, 3.63) is 54.1 Å². The van der Waals surface area contributed by atoms with Crippen molar-refractivity contribution in [2.75, 3.05) is 13.2 Å². The number of benzene rings is 2. The van der Waals surface area contributed by atoms with Crippen LogP contribution < -0.4 is 4.74 Å². The first-order valence-corrected chi connectivity index (χ1v) is 12.4. The molecule has 180 valence electrons. The Balaban J connectivity index is 1.48. The summed E-state index contributed by atoms with van der Waals surface area (Å²) in [5.74, 6) is 0.880. The molecule has 0 saturated heterocycles. The van der Waals surface area contributed by atoms with Gasteiger partial charge in [-0.2, -0.15) is 0 Å². The van der Waals surface area contributed by atoms with Gasteiger partial charge >= 0.3 is 6.16 Å². The maximum Gasteiger partial charge on any atom is 0.508 e. The second-order valence-electron chi connectivity index (χ2n) is 8.96. The fourth-order valence-electron chi connectivity index (χ4n) is 4.27. The number of unbranched alkanes of at least 4 members (excludes halogenated alkanes) is 3. The predicted molar refractivity (Wildman–Crippen MR) is 130 cm³/mol. The summed E-state index contributed by atoms with van der Waals surface area (Å²) < 4.78 is 16.3. The van der Waals surface area contributed by atoms with Crippen LogP contribution in [0.2, 0.25) is 0 Å². The molecule has 1 N–H and O–H groups in total. The molecule has 0 amide bonds. The SMILES string of the molecule is CCCCCCOC(=O)OC1CCC(O)(c2ccc(-c3ccc(OCCC)cc3)cc2)CC1. The van der Waals surface area contributed by atoms with E-state index in [-0.39, 0.29) is 6.10 Å². The Morgan fingerprint density at radius 1 is 0.879 bits per heavy atom. The quantitative estimate of drug-likeness (QED) is 0.292. The van der Waals surface area contributed by atoms with Gasteiger partial charge in [0.05, 0.1) is 18.8 Å². The first-order valence-electron chi connectivity index (χ1n) is 12.4. The number of rotatable bonds is 11. The molecule has 0 heterocycles. The zero-order valence-electron chi connectivity index (χ0n) is 20.1. The highest BCUT2D eigenvalue weighted by Crippen LogP contribution is 2.39. The first-order chi connectivity index (χ1) is 16.0. The summed E-state index contributed by atoms with van der Waals surface area (Å²) in [6.45, 7) is 5.37. The van der Waals surface area contributed by atoms with E-state index in [4.69, 9.17) is 14.2 Å². The zero-order chi connectivity index (χ0) is 23.5. The molecule has 1 fully saturated rings. The normalized spacial score (nSPS) is 20.3. The average molecular weight is 455 g/mol. The van der Waals surface area contributed by atoms with Crippen molar-refractivity contribution in [3.63, 3.8) is 0 Å². The van der Waals surface area contributed by atoms with E-state index in [1.807, 2.05) is 36.4 Å². The van der Waals surface area contributed by atoms with Crippen molar-refractivity contribution in [1.82, 2.24) is 0 Å². The molecular weight excluding hydrogens is 416 g/mol. The minimum atomic E-state index is -0.889. The molecule has 1 aliphatic carbocycles. The molecule has 0 atom stereocenters. The van der Waals surface area contributed by atoms with Gasteiger partial charge in [0.1, 0.15) is 11.9 Å². The van der Waals surface area contributed by atoms with Crippen LogP contribution in [0.4, 0.5) is 4.79 Å². The van der Waals surface area contributed by atoms with E-state index < -0.39 is 11.8 Å². The van der Waals surface area contributed by atoms with Gasteiger partial charge in [0.25, 0.3) is 0 Å². The summed E-state index contributed by atoms with van der Waals surface area (Å²) in [7, 11) is 0. The van der Waals surface area contributed by atoms with Crippen LogP contribution in [0.5, 0.6) is 5.75 Å². The number of aliphatic hydroxyl groups is 1. The van der Waals surface area contributed by atoms with Gasteiger partial charge in [-0.25, -0.2) is 4.79 Å². The third-order valence-electron chi connectivity index (χ3n) is 6.32. The lowest BCUT2D eigenvalue weighted by Crippen LogP contribution is -2.35. The summed E-state index contributed by atoms with van der Waals surface area (Å²) in [5.41, 5.74) is 2.23. The average Bonchev–Trinajstić information content (AvgIpc) is 2.84. The van der Waals surface area contributed by atoms with Gasteiger partial charge in [-0.1, -0.05) is 69.5 Å². The first kappa shape index (κ1) is 25.1. The lowest BCUT2D eigenvalue weighted by Gasteiger charge is -2.36. The fraction of sp³-hybridized carbons (Fsp3) is 0.536. The van der Waals surface area contributed by atoms with E-state index in [1.165, 1.54) is 0 Å². The molecule has 0 bridgehead atoms. The molecule has 0 spiro atoms. The Bertz CT molecular complexity index is 836. The van der Waals surface area contributed by atoms with E-state index in [0.29, 0.717) is 32.3 Å². The number of carbonyl (C=O) groups is 1. The number of hydrogen-bond acceptors (Lipinski definition) is 5. The maximum atomic E-state index is 11.9. The molecule has 1 aliphatic rings. The Kier molecular flexibility index (Phi) is 9.61. The molecule has 0 radical (unpaired) electrons. The highest BCUT2D eigenvalue weighted by atomic mass is 16.7. The topological polar surface area (TPSA) is 65.0 Å². The molecule has 5 heteroatoms. The zero-order valence-corrected chi connectivity index (χ0v) is 20.1. The van der Waals surface area contributed by atoms with Crippen LogP contribution in [0.1, 0.15) is 77.2 Å². The lowest BCUT2D eigenvalue weighted by molar-refractivity contribution is -0.0538. The summed E-state index contributed by atoms with van der Waals surface area (Å²) in [6, 6.07) is 16.2. The van der Waals surface area contributed by atoms with Gasteiger partial charge in [0, 0.05) is 0 Å². The van der Waals surface area contributed by atoms with Crippen molar-refractivity contribution in [1.29, 1.82) is 0 Å². The summed E-state index contributed by atoms with van der Waals surface area (Å²) >= 11 is 0. The van der Waals surface area contributed by atoms with Crippen LogP contribution in [0.25, 0.3) is 11.1 Å². The van der Waals surface area contributed by atoms with Crippen LogP contribution in [-0.2, 0) is 15.1 Å². The van der Waals surface area contributed by atoms with Crippen molar-refractivity contribution in [2.24, 2.45) is 0 Å². The van der Waals surface area contributed by atoms with Gasteiger partial charge < -0.3 is 19.3 Å². The van der Waals surface area contributed by atoms with Crippen LogP contribution >= 0.6 is 0 Å². The number of carbonyl (C=O) groups excluding carboxylic acids is 1. The van der Waals surface area contributed by atoms with Crippen LogP contribution in [0.3, 0.4) is 0 Å². The Morgan fingerprint density at radius 2 is 1.52 bits per heavy atom. The van der Waals surface area contributed by atoms with E-state index in [9.17, 15) is 9.90 Å². The van der Waals surface area contributed by atoms with E-state index in [1.54, 1.807) is 0 Å². The smallest absolute Gasteiger partial charge is 0.494 e. The molecule has 3 rings (SSSR count). The largest absolute Gasteiger partial charge is 0.508 e. The second-order valence-corrected chi connectivity index (χ2v) is 8.96. The van der Waals surface area contributed by atoms with E-state index in [2.05, 4.69) is 26.0 Å². The highest BCUT2D eigenvalue weighted by molar-refractivity contribution is 5.64. The molecular formula is C28H38O5. The summed E-state index contributed by atoms with van der Waals surface area (Å²) in [4.78, 5) is 11.9. The lowest BCUT2D eigenvalue weighted by atomic mass is 9.78. The number of hydrogen-bond donors (Lipinski definition) is 1. The monoisotopic (exact) mass is 454 g/mol. The summed E-state index contributed by atoms with van der Waals surface area (Å²) in [5, 5.41) is 11.2. The Hall–Kier alpha value is -2.53. The predicted octanol–water partition coefficient (Wildman–Crippen LogP) is 7.01. The minimum Gasteiger partial charge on any atom is -0.494 e. The van der Waals surface area contributed by atoms with Gasteiger partial charge in [-0.05, 0) is 67.3 Å². The van der Waals surface area contributed by atoms with Crippen molar-refractivity contribution >= 4 is 6.16 Å². The van der Waals surface area contributed by atoms with Crippen LogP contribution in [0, 0.1) is 0 Å². The Labute approximate surface area is 198 Å². The minimum absolute atomic E-state index is 0.193. The standard InChI is InChI=1S/C28H38O5/c1-3-5-6-7-21-32-27(29)33-26-16-18-28(30,19-17-26)24-12-8-22(9-13-24)23-10-14-25(15-11-23)31-20-4-2/h8-15,26,30H,3-7,16-21H2,1-2H3. The maximum absolute atomic E-state index is 11.9. The number of ether oxygens (including phenoxy) is 3. The molecule has 33 heavy (non-hydrogen) atoms. The molecule has 2 aromatic carbocycles. The molecule has 0 unspecified atom stereocenters. The second kappa shape index (κ2) is 12.6. The van der Waals surface area contributed by atoms with Crippen LogP contribution in [0.15, 0.2) is 48.5 Å². The third-order valence-corrected chi connectivity index (χ3v) is 6.32. The van der Waals surface area contributed by atoms with Crippen molar-refractivity contribution in [2.45, 2.75) is 83.3 Å². The molecule has 5 nitrogen and oxygen atoms in total. The summed E-state index contributed by atoms with van der Waals surface area (Å²) in [6.07, 6.45) is 6.83. The van der Waals surface area contributed by atoms with Gasteiger partial charge in [0.15, 0.2) is 0 Å². The fourth-order valence-corrected chi connectivity index (χ4v) is 4.27. The molecule has 0 aliphatic heterocycles. The third kappa shape index (κ3) is 7.50. The Morgan fingerprint density at radius 3 is 2.12 bits per heavy atom. The van der Waals surface area contributed by atoms with Gasteiger partial charge in [-0.15, -0.1) is 0 Å².